The summed E-state index contributed by atoms with van der Waals surface area (Å²) in [6.45, 7) is 0.340. The van der Waals surface area contributed by atoms with Crippen LogP contribution in [0.3, 0.4) is 0 Å². The van der Waals surface area contributed by atoms with E-state index in [9.17, 15) is 13.2 Å². The molecule has 2 rings (SSSR count). The van der Waals surface area contributed by atoms with E-state index in [1.807, 2.05) is 0 Å². The van der Waals surface area contributed by atoms with Gasteiger partial charge in [0.15, 0.2) is 0 Å². The number of carbonyl (C=O) groups is 1. The maximum atomic E-state index is 11.8. The number of hydrogen-bond donors (Lipinski definition) is 2. The Hall–Kier alpha value is -2.12. The highest BCUT2D eigenvalue weighted by Gasteiger charge is 2.10. The molecule has 1 amide bonds. The van der Waals surface area contributed by atoms with Crippen molar-refractivity contribution in [2.24, 2.45) is 5.14 Å². The average Bonchev–Trinajstić information content (AvgIpc) is 2.88. The van der Waals surface area contributed by atoms with Crippen molar-refractivity contribution in [3.05, 3.63) is 54.0 Å². The summed E-state index contributed by atoms with van der Waals surface area (Å²) in [5.74, 6) is -0.304. The highest BCUT2D eigenvalue weighted by molar-refractivity contribution is 7.89. The van der Waals surface area contributed by atoms with Gasteiger partial charge >= 0.3 is 0 Å². The molecule has 100 valence electrons. The summed E-state index contributed by atoms with van der Waals surface area (Å²) in [6, 6.07) is 7.14. The van der Waals surface area contributed by atoms with Crippen molar-refractivity contribution in [2.75, 3.05) is 0 Å². The van der Waals surface area contributed by atoms with Crippen molar-refractivity contribution < 1.29 is 17.6 Å². The lowest BCUT2D eigenvalue weighted by atomic mass is 10.2. The quantitative estimate of drug-likeness (QED) is 0.866. The molecule has 0 radical (unpaired) electrons. The van der Waals surface area contributed by atoms with Gasteiger partial charge in [-0.3, -0.25) is 4.79 Å². The first-order valence-electron chi connectivity index (χ1n) is 5.39. The molecule has 6 nitrogen and oxygen atoms in total. The van der Waals surface area contributed by atoms with E-state index >= 15 is 0 Å². The summed E-state index contributed by atoms with van der Waals surface area (Å²) in [5.41, 5.74) is 1.20. The number of carbonyl (C=O) groups excluding carboxylic acids is 1. The van der Waals surface area contributed by atoms with E-state index in [1.54, 1.807) is 6.07 Å². The minimum atomic E-state index is -3.74. The van der Waals surface area contributed by atoms with Gasteiger partial charge in [0, 0.05) is 17.7 Å². The molecule has 19 heavy (non-hydrogen) atoms. The third kappa shape index (κ3) is 3.43. The first-order chi connectivity index (χ1) is 8.97. The zero-order chi connectivity index (χ0) is 13.9. The topological polar surface area (TPSA) is 102 Å². The molecule has 1 aromatic heterocycles. The first-order valence-corrected chi connectivity index (χ1v) is 6.93. The van der Waals surface area contributed by atoms with Crippen LogP contribution in [-0.2, 0) is 16.6 Å². The van der Waals surface area contributed by atoms with Crippen LogP contribution in [0.5, 0.6) is 0 Å². The van der Waals surface area contributed by atoms with Crippen LogP contribution in [0.4, 0.5) is 0 Å². The van der Waals surface area contributed by atoms with Gasteiger partial charge in [-0.2, -0.15) is 0 Å². The van der Waals surface area contributed by atoms with Crippen molar-refractivity contribution >= 4 is 15.9 Å². The number of primary sulfonamides is 1. The van der Waals surface area contributed by atoms with Gasteiger partial charge in [-0.1, -0.05) is 0 Å². The van der Waals surface area contributed by atoms with E-state index in [1.165, 1.54) is 36.8 Å². The van der Waals surface area contributed by atoms with Crippen LogP contribution in [0.1, 0.15) is 15.9 Å². The molecule has 0 unspecified atom stereocenters. The monoisotopic (exact) mass is 280 g/mol. The van der Waals surface area contributed by atoms with Crippen LogP contribution in [0.2, 0.25) is 0 Å². The predicted octanol–water partition coefficient (Wildman–Crippen LogP) is 0.857. The SMILES string of the molecule is NS(=O)(=O)c1ccc(C(=O)NCc2ccoc2)cc1. The fraction of sp³-hybridized carbons (Fsp3) is 0.0833. The number of rotatable bonds is 4. The van der Waals surface area contributed by atoms with Crippen LogP contribution in [0.25, 0.3) is 0 Å². The Bertz CT molecular complexity index is 660. The lowest BCUT2D eigenvalue weighted by molar-refractivity contribution is 0.0951. The molecule has 0 aliphatic rings. The Balaban J connectivity index is 2.04. The number of nitrogens with two attached hydrogens (primary N) is 1. The van der Waals surface area contributed by atoms with Crippen LogP contribution < -0.4 is 10.5 Å². The Labute approximate surface area is 110 Å². The van der Waals surface area contributed by atoms with Gasteiger partial charge in [0.2, 0.25) is 10.0 Å². The zero-order valence-corrected chi connectivity index (χ0v) is 10.7. The maximum absolute atomic E-state index is 11.8. The molecule has 0 spiro atoms. The number of nitrogens with one attached hydrogen (secondary N) is 1. The molecule has 0 saturated carbocycles. The predicted molar refractivity (Wildman–Crippen MR) is 67.7 cm³/mol. The minimum Gasteiger partial charge on any atom is -0.472 e. The van der Waals surface area contributed by atoms with E-state index in [4.69, 9.17) is 9.56 Å². The molecule has 0 aliphatic heterocycles. The number of hydrogen-bond acceptors (Lipinski definition) is 4. The normalized spacial score (nSPS) is 11.2. The van der Waals surface area contributed by atoms with E-state index in [-0.39, 0.29) is 10.8 Å². The van der Waals surface area contributed by atoms with Crippen LogP contribution in [0, 0.1) is 0 Å². The standard InChI is InChI=1S/C12H12N2O4S/c13-19(16,17)11-3-1-10(2-4-11)12(15)14-7-9-5-6-18-8-9/h1-6,8H,7H2,(H,14,15)(H2,13,16,17). The molecule has 0 aliphatic carbocycles. The fourth-order valence-electron chi connectivity index (χ4n) is 1.47. The molecule has 2 aromatic rings. The Kier molecular flexibility index (Phi) is 3.68. The van der Waals surface area contributed by atoms with Gasteiger partial charge in [0.05, 0.1) is 17.4 Å². The second-order valence-electron chi connectivity index (χ2n) is 3.88. The highest BCUT2D eigenvalue weighted by atomic mass is 32.2. The van der Waals surface area contributed by atoms with Crippen LogP contribution in [-0.4, -0.2) is 14.3 Å². The van der Waals surface area contributed by atoms with E-state index in [2.05, 4.69) is 5.32 Å². The van der Waals surface area contributed by atoms with Gasteiger partial charge in [-0.05, 0) is 30.3 Å². The summed E-state index contributed by atoms with van der Waals surface area (Å²) in [5, 5.41) is 7.65. The van der Waals surface area contributed by atoms with E-state index < -0.39 is 10.0 Å². The highest BCUT2D eigenvalue weighted by Crippen LogP contribution is 2.09. The molecule has 1 heterocycles. The van der Waals surface area contributed by atoms with Gasteiger partial charge in [-0.25, -0.2) is 13.6 Å². The second kappa shape index (κ2) is 5.25. The van der Waals surface area contributed by atoms with Crippen LogP contribution in [0.15, 0.2) is 52.2 Å². The molecule has 3 N–H and O–H groups in total. The Morgan fingerprint density at radius 3 is 2.42 bits per heavy atom. The third-order valence-electron chi connectivity index (χ3n) is 2.48. The summed E-state index contributed by atoms with van der Waals surface area (Å²) in [4.78, 5) is 11.7. The molecule has 0 fully saturated rings. The van der Waals surface area contributed by atoms with Crippen molar-refractivity contribution in [1.82, 2.24) is 5.32 Å². The lowest BCUT2D eigenvalue weighted by Crippen LogP contribution is -2.22. The van der Waals surface area contributed by atoms with Gasteiger partial charge in [-0.15, -0.1) is 0 Å². The number of furan rings is 1. The van der Waals surface area contributed by atoms with Gasteiger partial charge in [0.1, 0.15) is 0 Å². The maximum Gasteiger partial charge on any atom is 0.251 e. The Morgan fingerprint density at radius 2 is 1.89 bits per heavy atom. The molecule has 0 saturated heterocycles. The zero-order valence-electron chi connectivity index (χ0n) is 9.87. The number of sulfonamides is 1. The Morgan fingerprint density at radius 1 is 1.21 bits per heavy atom. The van der Waals surface area contributed by atoms with Crippen molar-refractivity contribution in [3.63, 3.8) is 0 Å². The minimum absolute atomic E-state index is 0.0288. The third-order valence-corrected chi connectivity index (χ3v) is 3.41. The van der Waals surface area contributed by atoms with Crippen molar-refractivity contribution in [3.8, 4) is 0 Å². The van der Waals surface area contributed by atoms with Crippen molar-refractivity contribution in [1.29, 1.82) is 0 Å². The number of amides is 1. The summed E-state index contributed by atoms with van der Waals surface area (Å²) >= 11 is 0. The van der Waals surface area contributed by atoms with E-state index in [0.717, 1.165) is 5.56 Å². The molecule has 7 heteroatoms. The fourth-order valence-corrected chi connectivity index (χ4v) is 1.99. The molecular weight excluding hydrogens is 268 g/mol. The van der Waals surface area contributed by atoms with Crippen LogP contribution >= 0.6 is 0 Å². The molecule has 0 atom stereocenters. The smallest absolute Gasteiger partial charge is 0.251 e. The summed E-state index contributed by atoms with van der Waals surface area (Å²) < 4.78 is 27.0. The summed E-state index contributed by atoms with van der Waals surface area (Å²) in [7, 11) is -3.74. The summed E-state index contributed by atoms with van der Waals surface area (Å²) in [6.07, 6.45) is 3.05. The van der Waals surface area contributed by atoms with E-state index in [0.29, 0.717) is 12.1 Å². The first kappa shape index (κ1) is 13.3. The lowest BCUT2D eigenvalue weighted by Gasteiger charge is -2.04. The largest absolute Gasteiger partial charge is 0.472 e. The van der Waals surface area contributed by atoms with Gasteiger partial charge in [0.25, 0.3) is 5.91 Å². The molecule has 1 aromatic carbocycles. The average molecular weight is 280 g/mol. The number of benzene rings is 1. The second-order valence-corrected chi connectivity index (χ2v) is 5.45. The van der Waals surface area contributed by atoms with Gasteiger partial charge < -0.3 is 9.73 Å². The van der Waals surface area contributed by atoms with Crippen molar-refractivity contribution in [2.45, 2.75) is 11.4 Å². The molecule has 0 bridgehead atoms. The molecular formula is C12H12N2O4S.